The largest absolute Gasteiger partial charge is 0.444 e. The maximum absolute atomic E-state index is 12.6. The van der Waals surface area contributed by atoms with Crippen molar-refractivity contribution in [2.45, 2.75) is 58.3 Å². The second kappa shape index (κ2) is 9.43. The van der Waals surface area contributed by atoms with Gasteiger partial charge in [-0.2, -0.15) is 0 Å². The number of nitrogens with zero attached hydrogens (tertiary/aromatic N) is 1. The molecule has 0 aromatic heterocycles. The third kappa shape index (κ3) is 6.44. The van der Waals surface area contributed by atoms with Crippen molar-refractivity contribution in [3.63, 3.8) is 0 Å². The van der Waals surface area contributed by atoms with Crippen LogP contribution >= 0.6 is 0 Å². The van der Waals surface area contributed by atoms with Gasteiger partial charge in [0.1, 0.15) is 11.6 Å². The minimum absolute atomic E-state index is 0.183. The van der Waals surface area contributed by atoms with Gasteiger partial charge in [-0.3, -0.25) is 9.69 Å². The van der Waals surface area contributed by atoms with E-state index in [4.69, 9.17) is 4.74 Å². The van der Waals surface area contributed by atoms with Crippen molar-refractivity contribution >= 4 is 18.0 Å². The molecule has 1 aromatic carbocycles. The van der Waals surface area contributed by atoms with Crippen LogP contribution in [0, 0.1) is 0 Å². The first-order valence-electron chi connectivity index (χ1n) is 9.50. The van der Waals surface area contributed by atoms with Gasteiger partial charge in [-0.05, 0) is 44.7 Å². The van der Waals surface area contributed by atoms with Crippen LogP contribution in [0.4, 0.5) is 9.59 Å². The summed E-state index contributed by atoms with van der Waals surface area (Å²) in [6.45, 7) is 6.70. The predicted octanol–water partition coefficient (Wildman–Crippen LogP) is 2.13. The summed E-state index contributed by atoms with van der Waals surface area (Å²) in [6, 6.07) is 6.86. The average molecular weight is 390 g/mol. The number of ether oxygens (including phenoxy) is 1. The number of hydrogen-bond acceptors (Lipinski definition) is 4. The van der Waals surface area contributed by atoms with Gasteiger partial charge in [-0.1, -0.05) is 24.3 Å². The zero-order chi connectivity index (χ0) is 20.7. The Morgan fingerprint density at radius 2 is 1.79 bits per heavy atom. The summed E-state index contributed by atoms with van der Waals surface area (Å²) < 4.78 is 5.40. The van der Waals surface area contributed by atoms with Crippen LogP contribution in [0.3, 0.4) is 0 Å². The molecule has 0 aliphatic carbocycles. The second-order valence-electron chi connectivity index (χ2n) is 7.80. The van der Waals surface area contributed by atoms with Crippen LogP contribution in [0.2, 0.25) is 0 Å². The number of likely N-dealkylation sites (tertiary alicyclic amines) is 1. The number of nitrogens with one attached hydrogen (secondary N) is 3. The number of carbonyl (C=O) groups excluding carboxylic acids is 3. The molecule has 0 unspecified atom stereocenters. The highest BCUT2D eigenvalue weighted by Gasteiger charge is 2.36. The van der Waals surface area contributed by atoms with Crippen molar-refractivity contribution in [3.05, 3.63) is 35.4 Å². The van der Waals surface area contributed by atoms with E-state index in [1.807, 2.05) is 45.0 Å². The Morgan fingerprint density at radius 3 is 2.39 bits per heavy atom. The van der Waals surface area contributed by atoms with Crippen LogP contribution in [0.15, 0.2) is 24.3 Å². The topological polar surface area (TPSA) is 99.8 Å². The molecule has 1 aliphatic rings. The molecule has 1 fully saturated rings. The fourth-order valence-electron chi connectivity index (χ4n) is 3.01. The van der Waals surface area contributed by atoms with Crippen LogP contribution in [0.1, 0.15) is 44.7 Å². The van der Waals surface area contributed by atoms with Gasteiger partial charge < -0.3 is 20.7 Å². The first kappa shape index (κ1) is 21.5. The lowest BCUT2D eigenvalue weighted by molar-refractivity contribution is -0.125. The zero-order valence-corrected chi connectivity index (χ0v) is 17.0. The number of hydrogen-bond donors (Lipinski definition) is 3. The molecule has 1 atom stereocenters. The van der Waals surface area contributed by atoms with Gasteiger partial charge in [0.2, 0.25) is 5.91 Å². The molecule has 2 rings (SSSR count). The minimum Gasteiger partial charge on any atom is -0.444 e. The minimum atomic E-state index is -0.593. The second-order valence-corrected chi connectivity index (χ2v) is 7.80. The summed E-state index contributed by atoms with van der Waals surface area (Å²) in [5, 5.41) is 8.13. The van der Waals surface area contributed by atoms with E-state index in [2.05, 4.69) is 16.0 Å². The maximum atomic E-state index is 12.6. The van der Waals surface area contributed by atoms with E-state index in [-0.39, 0.29) is 11.9 Å². The van der Waals surface area contributed by atoms with Crippen LogP contribution in [0.5, 0.6) is 0 Å². The molecular formula is C20H30N4O4. The highest BCUT2D eigenvalue weighted by Crippen LogP contribution is 2.21. The van der Waals surface area contributed by atoms with Crippen molar-refractivity contribution in [3.8, 4) is 0 Å². The van der Waals surface area contributed by atoms with Gasteiger partial charge in [0.15, 0.2) is 0 Å². The standard InChI is InChI=1S/C20H30N4O4/c1-20(2,3)28-19(27)24-10-6-9-16(24)17(25)22-12-14-7-5-8-15(11-14)13-23-18(26)21-4/h5,7-8,11,16H,6,9-10,12-13H2,1-4H3,(H,22,25)(H2,21,23,26)/t16-/m0/s1. The number of carbonyl (C=O) groups is 3. The van der Waals surface area contributed by atoms with Crippen molar-refractivity contribution in [1.82, 2.24) is 20.9 Å². The van der Waals surface area contributed by atoms with E-state index in [1.165, 1.54) is 4.90 Å². The predicted molar refractivity (Wildman–Crippen MR) is 106 cm³/mol. The van der Waals surface area contributed by atoms with Gasteiger partial charge >= 0.3 is 12.1 Å². The molecule has 0 bridgehead atoms. The van der Waals surface area contributed by atoms with Crippen molar-refractivity contribution < 1.29 is 19.1 Å². The Kier molecular flexibility index (Phi) is 7.25. The van der Waals surface area contributed by atoms with Crippen molar-refractivity contribution in [2.24, 2.45) is 0 Å². The Labute approximate surface area is 166 Å². The molecule has 0 saturated carbocycles. The molecule has 1 heterocycles. The molecular weight excluding hydrogens is 360 g/mol. The lowest BCUT2D eigenvalue weighted by atomic mass is 10.1. The van der Waals surface area contributed by atoms with E-state index in [0.717, 1.165) is 17.5 Å². The summed E-state index contributed by atoms with van der Waals surface area (Å²) in [4.78, 5) is 37.7. The molecule has 1 saturated heterocycles. The van der Waals surface area contributed by atoms with Crippen LogP contribution in [0.25, 0.3) is 0 Å². The molecule has 154 valence electrons. The van der Waals surface area contributed by atoms with Crippen LogP contribution in [-0.4, -0.2) is 48.2 Å². The Hall–Kier alpha value is -2.77. The first-order valence-corrected chi connectivity index (χ1v) is 9.50. The number of amides is 4. The summed E-state index contributed by atoms with van der Waals surface area (Å²) in [5.41, 5.74) is 1.27. The molecule has 0 spiro atoms. The van der Waals surface area contributed by atoms with E-state index in [1.54, 1.807) is 7.05 Å². The molecule has 1 aromatic rings. The highest BCUT2D eigenvalue weighted by atomic mass is 16.6. The Bertz CT molecular complexity index is 714. The van der Waals surface area contributed by atoms with Crippen LogP contribution in [-0.2, 0) is 22.6 Å². The SMILES string of the molecule is CNC(=O)NCc1cccc(CNC(=O)[C@@H]2CCCN2C(=O)OC(C)(C)C)c1. The average Bonchev–Trinajstić information content (AvgIpc) is 3.13. The van der Waals surface area contributed by atoms with Crippen molar-refractivity contribution in [2.75, 3.05) is 13.6 Å². The fourth-order valence-corrected chi connectivity index (χ4v) is 3.01. The normalized spacial score (nSPS) is 16.4. The quantitative estimate of drug-likeness (QED) is 0.717. The zero-order valence-electron chi connectivity index (χ0n) is 17.0. The molecule has 28 heavy (non-hydrogen) atoms. The smallest absolute Gasteiger partial charge is 0.410 e. The number of rotatable bonds is 5. The van der Waals surface area contributed by atoms with Crippen LogP contribution < -0.4 is 16.0 Å². The van der Waals surface area contributed by atoms with Crippen molar-refractivity contribution in [1.29, 1.82) is 0 Å². The summed E-state index contributed by atoms with van der Waals surface area (Å²) in [6.07, 6.45) is 0.950. The van der Waals surface area contributed by atoms with Gasteiger partial charge in [0.25, 0.3) is 0 Å². The molecule has 0 radical (unpaired) electrons. The molecule has 8 nitrogen and oxygen atoms in total. The Balaban J connectivity index is 1.90. The summed E-state index contributed by atoms with van der Waals surface area (Å²) >= 11 is 0. The molecule has 1 aliphatic heterocycles. The van der Waals surface area contributed by atoms with Gasteiger partial charge in [-0.25, -0.2) is 9.59 Å². The summed E-state index contributed by atoms with van der Waals surface area (Å²) in [5.74, 6) is -0.183. The number of benzene rings is 1. The van der Waals surface area contributed by atoms with E-state index >= 15 is 0 Å². The number of urea groups is 1. The summed E-state index contributed by atoms with van der Waals surface area (Å²) in [7, 11) is 1.56. The fraction of sp³-hybridized carbons (Fsp3) is 0.550. The van der Waals surface area contributed by atoms with Gasteiger partial charge in [-0.15, -0.1) is 0 Å². The molecule has 3 N–H and O–H groups in total. The van der Waals surface area contributed by atoms with Gasteiger partial charge in [0.05, 0.1) is 0 Å². The van der Waals surface area contributed by atoms with E-state index in [9.17, 15) is 14.4 Å². The maximum Gasteiger partial charge on any atom is 0.410 e. The first-order chi connectivity index (χ1) is 13.2. The van der Waals surface area contributed by atoms with E-state index in [0.29, 0.717) is 26.1 Å². The van der Waals surface area contributed by atoms with Gasteiger partial charge in [0, 0.05) is 26.7 Å². The highest BCUT2D eigenvalue weighted by molar-refractivity contribution is 5.86. The lowest BCUT2D eigenvalue weighted by Crippen LogP contribution is -2.47. The third-order valence-corrected chi connectivity index (χ3v) is 4.32. The lowest BCUT2D eigenvalue weighted by Gasteiger charge is -2.28. The Morgan fingerprint density at radius 1 is 1.14 bits per heavy atom. The molecule has 4 amide bonds. The molecule has 8 heteroatoms. The monoisotopic (exact) mass is 390 g/mol. The van der Waals surface area contributed by atoms with E-state index < -0.39 is 17.7 Å². The third-order valence-electron chi connectivity index (χ3n) is 4.32.